The lowest BCUT2D eigenvalue weighted by molar-refractivity contribution is 0.0448. The minimum absolute atomic E-state index is 0.407. The molecule has 0 spiro atoms. The van der Waals surface area contributed by atoms with Gasteiger partial charge in [-0.05, 0) is 44.7 Å². The van der Waals surface area contributed by atoms with E-state index in [2.05, 4.69) is 63.1 Å². The van der Waals surface area contributed by atoms with Crippen molar-refractivity contribution in [2.45, 2.75) is 71.7 Å². The Labute approximate surface area is 191 Å². The molecule has 0 fully saturated rings. The molecule has 3 N–H and O–H groups in total. The molecule has 1 heterocycles. The molecule has 32 heavy (non-hydrogen) atoms. The van der Waals surface area contributed by atoms with Gasteiger partial charge in [0.05, 0.1) is 12.1 Å². The van der Waals surface area contributed by atoms with E-state index in [1.54, 1.807) is 18.1 Å². The van der Waals surface area contributed by atoms with Crippen molar-refractivity contribution in [2.75, 3.05) is 13.6 Å². The highest BCUT2D eigenvalue weighted by Crippen LogP contribution is 2.16. The van der Waals surface area contributed by atoms with Gasteiger partial charge in [0.2, 0.25) is 0 Å². The van der Waals surface area contributed by atoms with E-state index >= 15 is 0 Å². The number of alkyl carbamates (subject to hydrolysis) is 1. The second-order valence-electron chi connectivity index (χ2n) is 8.81. The van der Waals surface area contributed by atoms with Gasteiger partial charge in [-0.1, -0.05) is 38.1 Å². The molecule has 0 aliphatic rings. The van der Waals surface area contributed by atoms with Crippen LogP contribution in [0.3, 0.4) is 0 Å². The monoisotopic (exact) mass is 443 g/mol. The molecule has 1 aromatic carbocycles. The highest BCUT2D eigenvalue weighted by molar-refractivity contribution is 5.79. The number of aliphatic imine (C=N–C) groups is 1. The molecule has 2 rings (SSSR count). The van der Waals surface area contributed by atoms with Gasteiger partial charge >= 0.3 is 6.09 Å². The summed E-state index contributed by atoms with van der Waals surface area (Å²) in [5.74, 6) is 0.670. The standard InChI is InChI=1S/C23H37N7O2/c1-7-23(8-2,29-21(31)32-22(3,4)5)15-27-20(24-6)26-13-18-10-9-11-19(12-18)14-30-17-25-16-28-30/h9-12,16-17H,7-8,13-15H2,1-6H3,(H,29,31)(H2,24,26,27). The minimum Gasteiger partial charge on any atom is -0.444 e. The van der Waals surface area contributed by atoms with E-state index < -0.39 is 17.2 Å². The largest absolute Gasteiger partial charge is 0.444 e. The summed E-state index contributed by atoms with van der Waals surface area (Å²) in [5, 5.41) is 13.9. The van der Waals surface area contributed by atoms with Gasteiger partial charge in [0.1, 0.15) is 18.3 Å². The van der Waals surface area contributed by atoms with Gasteiger partial charge in [0.25, 0.3) is 0 Å². The number of amides is 1. The number of nitrogens with zero attached hydrogens (tertiary/aromatic N) is 4. The number of rotatable bonds is 9. The topological polar surface area (TPSA) is 105 Å². The Morgan fingerprint density at radius 1 is 1.16 bits per heavy atom. The van der Waals surface area contributed by atoms with Gasteiger partial charge in [-0.25, -0.2) is 14.5 Å². The maximum absolute atomic E-state index is 12.3. The lowest BCUT2D eigenvalue weighted by Crippen LogP contribution is -2.57. The van der Waals surface area contributed by atoms with Gasteiger partial charge in [-0.2, -0.15) is 5.10 Å². The molecule has 9 heteroatoms. The van der Waals surface area contributed by atoms with Crippen LogP contribution < -0.4 is 16.0 Å². The fraction of sp³-hybridized carbons (Fsp3) is 0.565. The average molecular weight is 444 g/mol. The molecule has 0 saturated heterocycles. The smallest absolute Gasteiger partial charge is 0.408 e. The molecular weight excluding hydrogens is 406 g/mol. The Morgan fingerprint density at radius 2 is 1.88 bits per heavy atom. The number of carbonyl (C=O) groups excluding carboxylic acids is 1. The number of hydrogen-bond donors (Lipinski definition) is 3. The van der Waals surface area contributed by atoms with Crippen LogP contribution in [0.25, 0.3) is 0 Å². The van der Waals surface area contributed by atoms with E-state index in [4.69, 9.17) is 4.74 Å². The summed E-state index contributed by atoms with van der Waals surface area (Å²) in [7, 11) is 1.73. The van der Waals surface area contributed by atoms with Crippen LogP contribution in [0, 0.1) is 0 Å². The van der Waals surface area contributed by atoms with Gasteiger partial charge in [0, 0.05) is 20.1 Å². The van der Waals surface area contributed by atoms with Gasteiger partial charge in [-0.3, -0.25) is 4.99 Å². The molecule has 9 nitrogen and oxygen atoms in total. The third-order valence-corrected chi connectivity index (χ3v) is 5.20. The highest BCUT2D eigenvalue weighted by atomic mass is 16.6. The van der Waals surface area contributed by atoms with Crippen LogP contribution in [0.15, 0.2) is 41.9 Å². The molecule has 0 aliphatic carbocycles. The van der Waals surface area contributed by atoms with E-state index in [-0.39, 0.29) is 0 Å². The predicted octanol–water partition coefficient (Wildman–Crippen LogP) is 3.07. The average Bonchev–Trinajstić information content (AvgIpc) is 3.25. The molecule has 176 valence electrons. The number of nitrogens with one attached hydrogen (secondary N) is 3. The second kappa shape index (κ2) is 11.5. The minimum atomic E-state index is -0.537. The Morgan fingerprint density at radius 3 is 2.47 bits per heavy atom. The number of hydrogen-bond acceptors (Lipinski definition) is 5. The fourth-order valence-electron chi connectivity index (χ4n) is 3.24. The van der Waals surface area contributed by atoms with Crippen molar-refractivity contribution < 1.29 is 9.53 Å². The van der Waals surface area contributed by atoms with Crippen molar-refractivity contribution in [2.24, 2.45) is 4.99 Å². The molecule has 0 bridgehead atoms. The molecule has 0 aliphatic heterocycles. The normalized spacial score (nSPS) is 12.4. The number of guanidine groups is 1. The zero-order chi connectivity index (χ0) is 23.6. The first-order valence-corrected chi connectivity index (χ1v) is 11.0. The summed E-state index contributed by atoms with van der Waals surface area (Å²) in [6.45, 7) is 11.5. The van der Waals surface area contributed by atoms with Crippen LogP contribution in [0.1, 0.15) is 58.6 Å². The Kier molecular flexibility index (Phi) is 9.04. The fourth-order valence-corrected chi connectivity index (χ4v) is 3.24. The van der Waals surface area contributed by atoms with Crippen molar-refractivity contribution in [1.29, 1.82) is 0 Å². The van der Waals surface area contributed by atoms with Crippen molar-refractivity contribution in [1.82, 2.24) is 30.7 Å². The molecule has 1 amide bonds. The Hall–Kier alpha value is -3.10. The SMILES string of the molecule is CCC(CC)(CNC(=NC)NCc1cccc(Cn2cncn2)c1)NC(=O)OC(C)(C)C. The van der Waals surface area contributed by atoms with E-state index in [0.717, 1.165) is 24.0 Å². The molecular formula is C23H37N7O2. The molecule has 0 radical (unpaired) electrons. The van der Waals surface area contributed by atoms with Gasteiger partial charge in [0.15, 0.2) is 5.96 Å². The van der Waals surface area contributed by atoms with Crippen molar-refractivity contribution in [3.05, 3.63) is 48.0 Å². The first-order chi connectivity index (χ1) is 15.2. The van der Waals surface area contributed by atoms with Crippen LogP contribution in [0.5, 0.6) is 0 Å². The van der Waals surface area contributed by atoms with Crippen LogP contribution >= 0.6 is 0 Å². The van der Waals surface area contributed by atoms with Crippen LogP contribution in [-0.4, -0.2) is 51.5 Å². The third-order valence-electron chi connectivity index (χ3n) is 5.20. The van der Waals surface area contributed by atoms with E-state index in [1.165, 1.54) is 6.33 Å². The summed E-state index contributed by atoms with van der Waals surface area (Å²) in [5.41, 5.74) is 1.31. The van der Waals surface area contributed by atoms with Crippen molar-refractivity contribution >= 4 is 12.1 Å². The maximum atomic E-state index is 12.3. The lowest BCUT2D eigenvalue weighted by atomic mass is 9.93. The summed E-state index contributed by atoms with van der Waals surface area (Å²) >= 11 is 0. The zero-order valence-electron chi connectivity index (χ0n) is 20.1. The third kappa shape index (κ3) is 8.20. The van der Waals surface area contributed by atoms with Crippen LogP contribution in [-0.2, 0) is 17.8 Å². The van der Waals surface area contributed by atoms with Gasteiger partial charge in [-0.15, -0.1) is 0 Å². The van der Waals surface area contributed by atoms with E-state index in [1.807, 2.05) is 26.8 Å². The highest BCUT2D eigenvalue weighted by Gasteiger charge is 2.30. The molecule has 0 saturated carbocycles. The lowest BCUT2D eigenvalue weighted by Gasteiger charge is -2.34. The zero-order valence-corrected chi connectivity index (χ0v) is 20.1. The maximum Gasteiger partial charge on any atom is 0.408 e. The summed E-state index contributed by atoms with van der Waals surface area (Å²) in [6.07, 6.45) is 4.35. The molecule has 1 aromatic heterocycles. The predicted molar refractivity (Wildman–Crippen MR) is 126 cm³/mol. The summed E-state index contributed by atoms with van der Waals surface area (Å²) < 4.78 is 7.24. The molecule has 0 atom stereocenters. The number of benzene rings is 1. The quantitative estimate of drug-likeness (QED) is 0.406. The van der Waals surface area contributed by atoms with E-state index in [0.29, 0.717) is 25.6 Å². The summed E-state index contributed by atoms with van der Waals surface area (Å²) in [6, 6.07) is 8.30. The first kappa shape index (κ1) is 25.2. The van der Waals surface area contributed by atoms with Crippen LogP contribution in [0.2, 0.25) is 0 Å². The Bertz CT molecular complexity index is 869. The van der Waals surface area contributed by atoms with Gasteiger partial charge < -0.3 is 20.7 Å². The first-order valence-electron chi connectivity index (χ1n) is 11.0. The van der Waals surface area contributed by atoms with Crippen LogP contribution in [0.4, 0.5) is 4.79 Å². The summed E-state index contributed by atoms with van der Waals surface area (Å²) in [4.78, 5) is 20.7. The van der Waals surface area contributed by atoms with E-state index in [9.17, 15) is 4.79 Å². The molecule has 0 unspecified atom stereocenters. The number of ether oxygens (including phenoxy) is 1. The molecule has 2 aromatic rings. The number of aromatic nitrogens is 3. The Balaban J connectivity index is 1.92. The second-order valence-corrected chi connectivity index (χ2v) is 8.81. The number of carbonyl (C=O) groups is 1. The van der Waals surface area contributed by atoms with Crippen molar-refractivity contribution in [3.8, 4) is 0 Å². The van der Waals surface area contributed by atoms with Crippen molar-refractivity contribution in [3.63, 3.8) is 0 Å².